The van der Waals surface area contributed by atoms with E-state index in [1.807, 2.05) is 26.2 Å². The topological polar surface area (TPSA) is 25.8 Å². The quantitative estimate of drug-likeness (QED) is 0.788. The standard InChI is InChI=1S/C14H16N2.C2H6/c1-2-3-4-12-5-7-13(8-6-12)14-9-15-11-16-10-14;1-2/h5-11H,2-4H2,1H3;1-2H3. The Morgan fingerprint density at radius 3 is 2.06 bits per heavy atom. The number of rotatable bonds is 4. The number of hydrogen-bond donors (Lipinski definition) is 0. The van der Waals surface area contributed by atoms with Gasteiger partial charge in [-0.25, -0.2) is 9.97 Å². The van der Waals surface area contributed by atoms with E-state index in [0.717, 1.165) is 5.56 Å². The van der Waals surface area contributed by atoms with Crippen LogP contribution in [0.1, 0.15) is 39.2 Å². The fourth-order valence-electron chi connectivity index (χ4n) is 1.69. The van der Waals surface area contributed by atoms with E-state index >= 15 is 0 Å². The van der Waals surface area contributed by atoms with Gasteiger partial charge in [-0.3, -0.25) is 0 Å². The second kappa shape index (κ2) is 8.40. The van der Waals surface area contributed by atoms with Gasteiger partial charge in [0.25, 0.3) is 0 Å². The maximum atomic E-state index is 4.02. The van der Waals surface area contributed by atoms with E-state index in [0.29, 0.717) is 0 Å². The lowest BCUT2D eigenvalue weighted by molar-refractivity contribution is 0.795. The Morgan fingerprint density at radius 2 is 1.50 bits per heavy atom. The van der Waals surface area contributed by atoms with Crippen molar-refractivity contribution in [3.8, 4) is 11.1 Å². The van der Waals surface area contributed by atoms with E-state index in [9.17, 15) is 0 Å². The van der Waals surface area contributed by atoms with Crippen LogP contribution in [0.25, 0.3) is 11.1 Å². The van der Waals surface area contributed by atoms with Crippen LogP contribution in [0.4, 0.5) is 0 Å². The number of benzene rings is 1. The van der Waals surface area contributed by atoms with Crippen LogP contribution in [-0.4, -0.2) is 9.97 Å². The molecule has 2 aromatic rings. The Hall–Kier alpha value is -1.70. The third-order valence-corrected chi connectivity index (χ3v) is 2.67. The fraction of sp³-hybridized carbons (Fsp3) is 0.375. The molecule has 0 atom stereocenters. The predicted octanol–water partition coefficient (Wildman–Crippen LogP) is 4.51. The zero-order valence-corrected chi connectivity index (χ0v) is 11.6. The molecule has 0 amide bonds. The highest BCUT2D eigenvalue weighted by Gasteiger charge is 1.98. The van der Waals surface area contributed by atoms with Crippen LogP contribution in [0, 0.1) is 0 Å². The lowest BCUT2D eigenvalue weighted by Crippen LogP contribution is -1.86. The van der Waals surface area contributed by atoms with Gasteiger partial charge in [-0.15, -0.1) is 0 Å². The van der Waals surface area contributed by atoms with Crippen LogP contribution >= 0.6 is 0 Å². The Morgan fingerprint density at radius 1 is 0.889 bits per heavy atom. The SMILES string of the molecule is CC.CCCCc1ccc(-c2cncnc2)cc1. The summed E-state index contributed by atoms with van der Waals surface area (Å²) >= 11 is 0. The van der Waals surface area contributed by atoms with Crippen molar-refractivity contribution in [1.82, 2.24) is 9.97 Å². The average molecular weight is 242 g/mol. The van der Waals surface area contributed by atoms with Crippen molar-refractivity contribution < 1.29 is 0 Å². The van der Waals surface area contributed by atoms with Gasteiger partial charge >= 0.3 is 0 Å². The predicted molar refractivity (Wildman–Crippen MR) is 77.4 cm³/mol. The lowest BCUT2D eigenvalue weighted by atomic mass is 10.0. The number of aromatic nitrogens is 2. The van der Waals surface area contributed by atoms with Gasteiger partial charge in [0.2, 0.25) is 0 Å². The van der Waals surface area contributed by atoms with Gasteiger partial charge in [-0.1, -0.05) is 51.5 Å². The highest BCUT2D eigenvalue weighted by Crippen LogP contribution is 2.18. The highest BCUT2D eigenvalue weighted by atomic mass is 14.8. The molecule has 1 heterocycles. The van der Waals surface area contributed by atoms with Crippen LogP contribution in [0.5, 0.6) is 0 Å². The van der Waals surface area contributed by atoms with Crippen molar-refractivity contribution in [3.05, 3.63) is 48.5 Å². The Bertz CT molecular complexity index is 421. The number of aryl methyl sites for hydroxylation is 1. The van der Waals surface area contributed by atoms with Crippen LogP contribution in [0.15, 0.2) is 43.0 Å². The zero-order chi connectivity index (χ0) is 13.2. The summed E-state index contributed by atoms with van der Waals surface area (Å²) in [7, 11) is 0. The Balaban J connectivity index is 0.000000771. The largest absolute Gasteiger partial charge is 0.244 e. The smallest absolute Gasteiger partial charge is 0.115 e. The molecule has 0 aliphatic carbocycles. The fourth-order valence-corrected chi connectivity index (χ4v) is 1.69. The molecule has 0 spiro atoms. The van der Waals surface area contributed by atoms with Crippen molar-refractivity contribution >= 4 is 0 Å². The van der Waals surface area contributed by atoms with Gasteiger partial charge in [0.1, 0.15) is 6.33 Å². The van der Waals surface area contributed by atoms with E-state index in [1.165, 1.54) is 30.4 Å². The highest BCUT2D eigenvalue weighted by molar-refractivity contribution is 5.61. The summed E-state index contributed by atoms with van der Waals surface area (Å²) in [5, 5.41) is 0. The van der Waals surface area contributed by atoms with E-state index in [1.54, 1.807) is 6.33 Å². The van der Waals surface area contributed by atoms with Crippen molar-refractivity contribution in [2.45, 2.75) is 40.0 Å². The summed E-state index contributed by atoms with van der Waals surface area (Å²) in [5.74, 6) is 0. The molecule has 0 aliphatic rings. The average Bonchev–Trinajstić information content (AvgIpc) is 2.49. The van der Waals surface area contributed by atoms with Crippen molar-refractivity contribution in [3.63, 3.8) is 0 Å². The second-order valence-corrected chi connectivity index (χ2v) is 3.93. The molecule has 18 heavy (non-hydrogen) atoms. The summed E-state index contributed by atoms with van der Waals surface area (Å²) in [6.45, 7) is 6.22. The molecule has 1 aromatic heterocycles. The van der Waals surface area contributed by atoms with Gasteiger partial charge in [0.15, 0.2) is 0 Å². The van der Waals surface area contributed by atoms with E-state index < -0.39 is 0 Å². The maximum absolute atomic E-state index is 4.02. The molecule has 0 fully saturated rings. The first kappa shape index (κ1) is 14.4. The zero-order valence-electron chi connectivity index (χ0n) is 11.6. The van der Waals surface area contributed by atoms with E-state index in [-0.39, 0.29) is 0 Å². The first-order valence-corrected chi connectivity index (χ1v) is 6.74. The van der Waals surface area contributed by atoms with Crippen LogP contribution in [-0.2, 0) is 6.42 Å². The normalized spacial score (nSPS) is 9.50. The van der Waals surface area contributed by atoms with Crippen molar-refractivity contribution in [1.29, 1.82) is 0 Å². The van der Waals surface area contributed by atoms with Gasteiger partial charge in [-0.2, -0.15) is 0 Å². The molecule has 0 N–H and O–H groups in total. The summed E-state index contributed by atoms with van der Waals surface area (Å²) in [6, 6.07) is 8.67. The molecule has 0 saturated carbocycles. The van der Waals surface area contributed by atoms with Crippen LogP contribution in [0.2, 0.25) is 0 Å². The molecular weight excluding hydrogens is 220 g/mol. The summed E-state index contributed by atoms with van der Waals surface area (Å²) in [6.07, 6.45) is 8.91. The molecule has 0 radical (unpaired) electrons. The van der Waals surface area contributed by atoms with Crippen molar-refractivity contribution in [2.24, 2.45) is 0 Å². The molecule has 0 unspecified atom stereocenters. The minimum Gasteiger partial charge on any atom is -0.244 e. The molecular formula is C16H22N2. The maximum Gasteiger partial charge on any atom is 0.115 e. The van der Waals surface area contributed by atoms with Gasteiger partial charge in [0.05, 0.1) is 0 Å². The summed E-state index contributed by atoms with van der Waals surface area (Å²) in [4.78, 5) is 8.04. The third kappa shape index (κ3) is 4.28. The number of nitrogens with zero attached hydrogens (tertiary/aromatic N) is 2. The van der Waals surface area contributed by atoms with Gasteiger partial charge in [-0.05, 0) is 24.0 Å². The molecule has 0 bridgehead atoms. The molecule has 2 heteroatoms. The second-order valence-electron chi connectivity index (χ2n) is 3.93. The van der Waals surface area contributed by atoms with Crippen molar-refractivity contribution in [2.75, 3.05) is 0 Å². The summed E-state index contributed by atoms with van der Waals surface area (Å²) < 4.78 is 0. The molecule has 96 valence electrons. The Kier molecular flexibility index (Phi) is 6.70. The van der Waals surface area contributed by atoms with Crippen LogP contribution < -0.4 is 0 Å². The van der Waals surface area contributed by atoms with E-state index in [4.69, 9.17) is 0 Å². The molecule has 0 aliphatic heterocycles. The minimum atomic E-state index is 1.07. The third-order valence-electron chi connectivity index (χ3n) is 2.67. The number of hydrogen-bond acceptors (Lipinski definition) is 2. The van der Waals surface area contributed by atoms with Gasteiger partial charge < -0.3 is 0 Å². The molecule has 2 nitrogen and oxygen atoms in total. The summed E-state index contributed by atoms with van der Waals surface area (Å²) in [5.41, 5.74) is 3.66. The van der Waals surface area contributed by atoms with E-state index in [2.05, 4.69) is 41.2 Å². The Labute approximate surface area is 110 Å². The molecule has 0 saturated heterocycles. The first-order valence-electron chi connectivity index (χ1n) is 6.74. The monoisotopic (exact) mass is 242 g/mol. The molecule has 2 rings (SSSR count). The lowest BCUT2D eigenvalue weighted by Gasteiger charge is -2.03. The van der Waals surface area contributed by atoms with Crippen LogP contribution in [0.3, 0.4) is 0 Å². The first-order chi connectivity index (χ1) is 8.90. The molecule has 1 aromatic carbocycles. The van der Waals surface area contributed by atoms with Gasteiger partial charge in [0, 0.05) is 18.0 Å². The number of unbranched alkanes of at least 4 members (excludes halogenated alkanes) is 1. The minimum absolute atomic E-state index is 1.07.